The molecule has 21 heavy (non-hydrogen) atoms. The topological polar surface area (TPSA) is 39.1 Å². The standard InChI is InChI=1S/C16H22FN3O/c1-5-8-18-15(13-9-12(17)7-6-11(13)2)16-14(21-4)10-19-20(16)3/h6-7,9-10,15,18H,5,8H2,1-4H3. The van der Waals surface area contributed by atoms with Crippen molar-refractivity contribution < 1.29 is 9.13 Å². The zero-order valence-electron chi connectivity index (χ0n) is 13.0. The molecule has 0 fully saturated rings. The number of methoxy groups -OCH3 is 1. The molecule has 1 N–H and O–H groups in total. The fourth-order valence-corrected chi connectivity index (χ4v) is 2.48. The van der Waals surface area contributed by atoms with Crippen molar-refractivity contribution in [1.29, 1.82) is 0 Å². The van der Waals surface area contributed by atoms with Gasteiger partial charge < -0.3 is 10.1 Å². The Hall–Kier alpha value is -1.88. The predicted molar refractivity (Wildman–Crippen MR) is 81.0 cm³/mol. The van der Waals surface area contributed by atoms with Crippen LogP contribution in [0.2, 0.25) is 0 Å². The van der Waals surface area contributed by atoms with E-state index >= 15 is 0 Å². The van der Waals surface area contributed by atoms with E-state index in [2.05, 4.69) is 17.3 Å². The van der Waals surface area contributed by atoms with Gasteiger partial charge in [0.15, 0.2) is 5.75 Å². The number of nitrogens with zero attached hydrogens (tertiary/aromatic N) is 2. The fourth-order valence-electron chi connectivity index (χ4n) is 2.48. The smallest absolute Gasteiger partial charge is 0.161 e. The van der Waals surface area contributed by atoms with Crippen LogP contribution < -0.4 is 10.1 Å². The van der Waals surface area contributed by atoms with Gasteiger partial charge in [0, 0.05) is 7.05 Å². The summed E-state index contributed by atoms with van der Waals surface area (Å²) in [5, 5.41) is 7.72. The summed E-state index contributed by atoms with van der Waals surface area (Å²) in [4.78, 5) is 0. The van der Waals surface area contributed by atoms with Crippen LogP contribution in [0.5, 0.6) is 5.75 Å². The summed E-state index contributed by atoms with van der Waals surface area (Å²) in [7, 11) is 3.49. The maximum Gasteiger partial charge on any atom is 0.161 e. The van der Waals surface area contributed by atoms with Crippen LogP contribution in [-0.4, -0.2) is 23.4 Å². The number of hydrogen-bond acceptors (Lipinski definition) is 3. The molecule has 4 nitrogen and oxygen atoms in total. The Morgan fingerprint density at radius 3 is 2.86 bits per heavy atom. The zero-order chi connectivity index (χ0) is 15.4. The first kappa shape index (κ1) is 15.5. The van der Waals surface area contributed by atoms with E-state index in [1.54, 1.807) is 30.1 Å². The van der Waals surface area contributed by atoms with Gasteiger partial charge in [-0.1, -0.05) is 13.0 Å². The van der Waals surface area contributed by atoms with Crippen molar-refractivity contribution >= 4 is 0 Å². The highest BCUT2D eigenvalue weighted by Gasteiger charge is 2.23. The van der Waals surface area contributed by atoms with Crippen molar-refractivity contribution in [2.24, 2.45) is 7.05 Å². The van der Waals surface area contributed by atoms with Crippen molar-refractivity contribution in [1.82, 2.24) is 15.1 Å². The van der Waals surface area contributed by atoms with E-state index in [0.29, 0.717) is 5.75 Å². The van der Waals surface area contributed by atoms with Gasteiger partial charge in [0.25, 0.3) is 0 Å². The van der Waals surface area contributed by atoms with E-state index in [9.17, 15) is 4.39 Å². The van der Waals surface area contributed by atoms with Gasteiger partial charge in [-0.3, -0.25) is 4.68 Å². The molecular formula is C16H22FN3O. The van der Waals surface area contributed by atoms with E-state index in [-0.39, 0.29) is 11.9 Å². The summed E-state index contributed by atoms with van der Waals surface area (Å²) in [5.41, 5.74) is 2.85. The minimum absolute atomic E-state index is 0.150. The van der Waals surface area contributed by atoms with Gasteiger partial charge >= 0.3 is 0 Å². The van der Waals surface area contributed by atoms with Gasteiger partial charge in [-0.15, -0.1) is 0 Å². The second-order valence-electron chi connectivity index (χ2n) is 5.11. The summed E-state index contributed by atoms with van der Waals surface area (Å²) in [6, 6.07) is 4.71. The van der Waals surface area contributed by atoms with E-state index in [0.717, 1.165) is 29.8 Å². The molecule has 0 bridgehead atoms. The van der Waals surface area contributed by atoms with Crippen molar-refractivity contribution in [3.8, 4) is 5.75 Å². The quantitative estimate of drug-likeness (QED) is 0.889. The maximum absolute atomic E-state index is 13.7. The van der Waals surface area contributed by atoms with Crippen LogP contribution in [0, 0.1) is 12.7 Å². The lowest BCUT2D eigenvalue weighted by atomic mass is 9.97. The molecule has 0 aliphatic rings. The monoisotopic (exact) mass is 291 g/mol. The Morgan fingerprint density at radius 2 is 2.19 bits per heavy atom. The highest BCUT2D eigenvalue weighted by Crippen LogP contribution is 2.31. The molecule has 1 aromatic carbocycles. The number of aromatic nitrogens is 2. The molecule has 1 unspecified atom stereocenters. The van der Waals surface area contributed by atoms with Crippen LogP contribution in [0.4, 0.5) is 4.39 Å². The molecule has 2 rings (SSSR count). The third-order valence-electron chi connectivity index (χ3n) is 3.59. The van der Waals surface area contributed by atoms with Crippen molar-refractivity contribution in [2.75, 3.05) is 13.7 Å². The Balaban J connectivity index is 2.52. The number of benzene rings is 1. The van der Waals surface area contributed by atoms with Crippen molar-refractivity contribution in [2.45, 2.75) is 26.3 Å². The molecule has 5 heteroatoms. The zero-order valence-corrected chi connectivity index (χ0v) is 13.0. The lowest BCUT2D eigenvalue weighted by molar-refractivity contribution is 0.400. The Labute approximate surface area is 124 Å². The number of nitrogens with one attached hydrogen (secondary N) is 1. The molecule has 0 aliphatic carbocycles. The molecule has 0 aliphatic heterocycles. The molecule has 1 aromatic heterocycles. The molecule has 0 saturated carbocycles. The van der Waals surface area contributed by atoms with Crippen LogP contribution in [-0.2, 0) is 7.05 Å². The fraction of sp³-hybridized carbons (Fsp3) is 0.438. The van der Waals surface area contributed by atoms with Gasteiger partial charge in [-0.25, -0.2) is 4.39 Å². The number of halogens is 1. The molecule has 0 saturated heterocycles. The van der Waals surface area contributed by atoms with Gasteiger partial charge in [-0.2, -0.15) is 5.10 Å². The normalized spacial score (nSPS) is 12.4. The van der Waals surface area contributed by atoms with Crippen LogP contribution in [0.3, 0.4) is 0 Å². The lowest BCUT2D eigenvalue weighted by Gasteiger charge is -2.22. The minimum atomic E-state index is -0.236. The van der Waals surface area contributed by atoms with Crippen LogP contribution in [0.25, 0.3) is 0 Å². The average Bonchev–Trinajstić information content (AvgIpc) is 2.84. The number of ether oxygens (including phenoxy) is 1. The largest absolute Gasteiger partial charge is 0.493 e. The van der Waals surface area contributed by atoms with E-state index in [4.69, 9.17) is 4.74 Å². The molecule has 2 aromatic rings. The van der Waals surface area contributed by atoms with Crippen LogP contribution in [0.15, 0.2) is 24.4 Å². The third kappa shape index (κ3) is 3.24. The highest BCUT2D eigenvalue weighted by molar-refractivity contribution is 5.40. The number of hydrogen-bond donors (Lipinski definition) is 1. The Morgan fingerprint density at radius 1 is 1.43 bits per heavy atom. The maximum atomic E-state index is 13.7. The molecule has 1 atom stereocenters. The molecule has 0 radical (unpaired) electrons. The molecule has 114 valence electrons. The summed E-state index contributed by atoms with van der Waals surface area (Å²) in [5.74, 6) is 0.467. The van der Waals surface area contributed by atoms with Crippen molar-refractivity contribution in [3.05, 3.63) is 47.0 Å². The lowest BCUT2D eigenvalue weighted by Crippen LogP contribution is -2.26. The Bertz CT molecular complexity index is 610. The summed E-state index contributed by atoms with van der Waals surface area (Å²) < 4.78 is 20.8. The van der Waals surface area contributed by atoms with Gasteiger partial charge in [0.2, 0.25) is 0 Å². The van der Waals surface area contributed by atoms with Gasteiger partial charge in [-0.05, 0) is 43.1 Å². The van der Waals surface area contributed by atoms with E-state index in [1.807, 2.05) is 14.0 Å². The SMILES string of the molecule is CCCNC(c1cc(F)ccc1C)c1c(OC)cnn1C. The number of aryl methyl sites for hydroxylation is 2. The first-order valence-electron chi connectivity index (χ1n) is 7.13. The summed E-state index contributed by atoms with van der Waals surface area (Å²) in [6.45, 7) is 4.91. The van der Waals surface area contributed by atoms with Crippen molar-refractivity contribution in [3.63, 3.8) is 0 Å². The van der Waals surface area contributed by atoms with Crippen LogP contribution >= 0.6 is 0 Å². The summed E-state index contributed by atoms with van der Waals surface area (Å²) in [6.07, 6.45) is 2.68. The highest BCUT2D eigenvalue weighted by atomic mass is 19.1. The molecule has 0 amide bonds. The number of rotatable bonds is 6. The van der Waals surface area contributed by atoms with Gasteiger partial charge in [0.1, 0.15) is 11.5 Å². The first-order chi connectivity index (χ1) is 10.1. The summed E-state index contributed by atoms with van der Waals surface area (Å²) >= 11 is 0. The van der Waals surface area contributed by atoms with Gasteiger partial charge in [0.05, 0.1) is 19.3 Å². The van der Waals surface area contributed by atoms with E-state index < -0.39 is 0 Å². The second kappa shape index (κ2) is 6.72. The predicted octanol–water partition coefficient (Wildman–Crippen LogP) is 2.97. The Kier molecular flexibility index (Phi) is 4.96. The molecule has 1 heterocycles. The minimum Gasteiger partial charge on any atom is -0.493 e. The van der Waals surface area contributed by atoms with E-state index in [1.165, 1.54) is 6.07 Å². The molecule has 0 spiro atoms. The first-order valence-corrected chi connectivity index (χ1v) is 7.13. The van der Waals surface area contributed by atoms with Crippen LogP contribution in [0.1, 0.15) is 36.2 Å². The molecular weight excluding hydrogens is 269 g/mol. The third-order valence-corrected chi connectivity index (χ3v) is 3.59. The second-order valence-corrected chi connectivity index (χ2v) is 5.11. The average molecular weight is 291 g/mol.